The van der Waals surface area contributed by atoms with Gasteiger partial charge in [-0.05, 0) is 47.2 Å². The normalized spacial score (nSPS) is 19.4. The third kappa shape index (κ3) is 7.12. The Morgan fingerprint density at radius 3 is 2.43 bits per heavy atom. The molecule has 1 spiro atoms. The molecule has 3 aromatic rings. The van der Waals surface area contributed by atoms with Gasteiger partial charge in [-0.25, -0.2) is 15.8 Å². The van der Waals surface area contributed by atoms with Crippen molar-refractivity contribution in [2.45, 2.75) is 63.4 Å². The Hall–Kier alpha value is -5.24. The molecule has 0 aliphatic carbocycles. The number of halogens is 1. The minimum atomic E-state index is -1.15. The number of benzene rings is 3. The number of nitrogens with zero attached hydrogens (tertiary/aromatic N) is 3. The highest BCUT2D eigenvalue weighted by Gasteiger charge is 2.59. The lowest BCUT2D eigenvalue weighted by atomic mass is 9.80. The van der Waals surface area contributed by atoms with Gasteiger partial charge in [0.05, 0.1) is 6.42 Å². The number of alkyl carbamates (subject to hydrolysis) is 1. The predicted octanol–water partition coefficient (Wildman–Crippen LogP) is 4.90. The fourth-order valence-electron chi connectivity index (χ4n) is 6.38. The van der Waals surface area contributed by atoms with Crippen LogP contribution in [0.15, 0.2) is 78.9 Å². The van der Waals surface area contributed by atoms with Crippen molar-refractivity contribution in [2.24, 2.45) is 5.92 Å². The highest BCUT2D eigenvalue weighted by atomic mass is 19.1. The molecule has 0 bridgehead atoms. The quantitative estimate of drug-likeness (QED) is 0.307. The van der Waals surface area contributed by atoms with Gasteiger partial charge in [-0.2, -0.15) is 0 Å². The minimum absolute atomic E-state index is 0.00141. The highest BCUT2D eigenvalue weighted by Crippen LogP contribution is 2.47. The van der Waals surface area contributed by atoms with Gasteiger partial charge in [-0.3, -0.25) is 24.1 Å². The Kier molecular flexibility index (Phi) is 9.89. The van der Waals surface area contributed by atoms with Crippen LogP contribution in [0.1, 0.15) is 43.4 Å². The lowest BCUT2D eigenvalue weighted by Gasteiger charge is -2.34. The zero-order valence-electron chi connectivity index (χ0n) is 26.6. The summed E-state index contributed by atoms with van der Waals surface area (Å²) in [6.45, 7) is 11.7. The SMILES string of the molecule is [C-]#[N+][C@@H]1C[C@@]2(CN1C(=O)[C@H](CC(C)C)N(C)C(=O)[C@H](Cc1ccc(F)cc1)NC(=O)OCc1ccccc1)C(=O)Nc1ccccc12. The maximum Gasteiger partial charge on any atom is 0.408 e. The van der Waals surface area contributed by atoms with E-state index in [0.717, 1.165) is 11.1 Å². The number of rotatable bonds is 10. The topological polar surface area (TPSA) is 112 Å². The Morgan fingerprint density at radius 1 is 1.06 bits per heavy atom. The van der Waals surface area contributed by atoms with Crippen LogP contribution in [0.3, 0.4) is 0 Å². The average Bonchev–Trinajstić information content (AvgIpc) is 3.60. The van der Waals surface area contributed by atoms with Crippen LogP contribution in [0.2, 0.25) is 0 Å². The summed E-state index contributed by atoms with van der Waals surface area (Å²) >= 11 is 0. The summed E-state index contributed by atoms with van der Waals surface area (Å²) in [6.07, 6.45) is -1.30. The van der Waals surface area contributed by atoms with Crippen LogP contribution < -0.4 is 10.6 Å². The number of amides is 4. The summed E-state index contributed by atoms with van der Waals surface area (Å²) in [4.78, 5) is 61.2. The number of ether oxygens (including phenoxy) is 1. The van der Waals surface area contributed by atoms with E-state index in [-0.39, 0.29) is 44.2 Å². The summed E-state index contributed by atoms with van der Waals surface area (Å²) in [5.74, 6) is -1.72. The summed E-state index contributed by atoms with van der Waals surface area (Å²) in [5.41, 5.74) is 1.70. The molecule has 2 N–H and O–H groups in total. The van der Waals surface area contributed by atoms with E-state index in [1.807, 2.05) is 50.2 Å². The second-order valence-electron chi connectivity index (χ2n) is 12.5. The molecule has 2 aliphatic heterocycles. The zero-order chi connectivity index (χ0) is 33.7. The molecule has 3 aromatic carbocycles. The molecule has 0 unspecified atom stereocenters. The molecular weight excluding hydrogens is 601 g/mol. The van der Waals surface area contributed by atoms with Gasteiger partial charge in [-0.1, -0.05) is 74.5 Å². The van der Waals surface area contributed by atoms with Gasteiger partial charge < -0.3 is 20.3 Å². The number of nitrogens with one attached hydrogen (secondary N) is 2. The largest absolute Gasteiger partial charge is 0.445 e. The number of carbonyl (C=O) groups excluding carboxylic acids is 4. The Morgan fingerprint density at radius 2 is 1.74 bits per heavy atom. The van der Waals surface area contributed by atoms with Crippen molar-refractivity contribution < 1.29 is 28.3 Å². The van der Waals surface area contributed by atoms with Crippen molar-refractivity contribution >= 4 is 29.5 Å². The van der Waals surface area contributed by atoms with Crippen LogP contribution >= 0.6 is 0 Å². The zero-order valence-corrected chi connectivity index (χ0v) is 26.6. The number of carbonyl (C=O) groups is 4. The van der Waals surface area contributed by atoms with E-state index in [1.165, 1.54) is 41.1 Å². The molecule has 2 heterocycles. The molecule has 4 amide bonds. The number of anilines is 1. The van der Waals surface area contributed by atoms with Gasteiger partial charge >= 0.3 is 12.3 Å². The van der Waals surface area contributed by atoms with Gasteiger partial charge in [0.15, 0.2) is 0 Å². The predicted molar refractivity (Wildman–Crippen MR) is 173 cm³/mol. The van der Waals surface area contributed by atoms with Gasteiger partial charge in [0, 0.05) is 25.7 Å². The second kappa shape index (κ2) is 14.0. The minimum Gasteiger partial charge on any atom is -0.445 e. The first-order chi connectivity index (χ1) is 22.5. The van der Waals surface area contributed by atoms with Crippen molar-refractivity contribution in [2.75, 3.05) is 18.9 Å². The van der Waals surface area contributed by atoms with E-state index >= 15 is 0 Å². The molecule has 244 valence electrons. The van der Waals surface area contributed by atoms with Crippen molar-refractivity contribution in [3.05, 3.63) is 113 Å². The smallest absolute Gasteiger partial charge is 0.408 e. The Balaban J connectivity index is 1.39. The molecule has 10 nitrogen and oxygen atoms in total. The van der Waals surface area contributed by atoms with Crippen molar-refractivity contribution in [1.82, 2.24) is 15.1 Å². The molecule has 0 aromatic heterocycles. The fraction of sp³-hybridized carbons (Fsp3) is 0.361. The van der Waals surface area contributed by atoms with E-state index in [4.69, 9.17) is 11.3 Å². The molecule has 1 fully saturated rings. The number of para-hydroxylation sites is 1. The van der Waals surface area contributed by atoms with Crippen LogP contribution in [0.5, 0.6) is 0 Å². The van der Waals surface area contributed by atoms with E-state index < -0.39 is 47.4 Å². The standard InChI is InChI=1S/C36H38FN5O5/c1-23(2)18-30(33(44)42-22-36(20-31(42)38-3)27-12-8-9-13-28(27)39-34(36)45)41(4)32(43)29(19-24-14-16-26(37)17-15-24)40-35(46)47-21-25-10-6-5-7-11-25/h5-17,23,29-31H,18-22H2,1-2,4H3,(H,39,45)(H,40,46)/t29-,30-,31-,36-/m0/s1. The molecule has 0 saturated carbocycles. The van der Waals surface area contributed by atoms with Crippen LogP contribution in [0, 0.1) is 18.3 Å². The van der Waals surface area contributed by atoms with Gasteiger partial charge in [0.1, 0.15) is 29.9 Å². The van der Waals surface area contributed by atoms with Crippen LogP contribution in [-0.4, -0.2) is 65.5 Å². The second-order valence-corrected chi connectivity index (χ2v) is 12.5. The van der Waals surface area contributed by atoms with Gasteiger partial charge in [0.25, 0.3) is 5.91 Å². The first-order valence-corrected chi connectivity index (χ1v) is 15.6. The summed E-state index contributed by atoms with van der Waals surface area (Å²) in [5, 5.41) is 5.55. The van der Waals surface area contributed by atoms with Crippen LogP contribution in [0.4, 0.5) is 14.9 Å². The van der Waals surface area contributed by atoms with Gasteiger partial charge in [-0.15, -0.1) is 0 Å². The molecule has 5 rings (SSSR count). The lowest BCUT2D eigenvalue weighted by molar-refractivity contribution is -0.146. The van der Waals surface area contributed by atoms with Crippen molar-refractivity contribution in [3.8, 4) is 0 Å². The molecule has 1 saturated heterocycles. The molecule has 2 aliphatic rings. The summed E-state index contributed by atoms with van der Waals surface area (Å²) in [6, 6.07) is 19.8. The molecule has 47 heavy (non-hydrogen) atoms. The van der Waals surface area contributed by atoms with Crippen LogP contribution in [-0.2, 0) is 37.6 Å². The Bertz CT molecular complexity index is 1670. The summed E-state index contributed by atoms with van der Waals surface area (Å²) < 4.78 is 19.1. The van der Waals surface area contributed by atoms with Crippen molar-refractivity contribution in [1.29, 1.82) is 0 Å². The molecule has 4 atom stereocenters. The number of hydrogen-bond acceptors (Lipinski definition) is 5. The number of likely N-dealkylation sites (tertiary alicyclic amines) is 1. The monoisotopic (exact) mass is 639 g/mol. The van der Waals surface area contributed by atoms with Crippen LogP contribution in [0.25, 0.3) is 4.85 Å². The lowest BCUT2D eigenvalue weighted by Crippen LogP contribution is -2.56. The number of hydrogen-bond donors (Lipinski definition) is 2. The first kappa shape index (κ1) is 33.1. The maximum atomic E-state index is 14.4. The average molecular weight is 640 g/mol. The third-order valence-corrected chi connectivity index (χ3v) is 8.84. The number of fused-ring (bicyclic) bond motifs is 2. The first-order valence-electron chi connectivity index (χ1n) is 15.6. The number of likely N-dealkylation sites (N-methyl/N-ethyl adjacent to an activating group) is 1. The Labute approximate surface area is 273 Å². The fourth-order valence-corrected chi connectivity index (χ4v) is 6.38. The van der Waals surface area contributed by atoms with E-state index in [2.05, 4.69) is 15.5 Å². The molecular formula is C36H38FN5O5. The highest BCUT2D eigenvalue weighted by molar-refractivity contribution is 6.07. The van der Waals surface area contributed by atoms with Crippen molar-refractivity contribution in [3.63, 3.8) is 0 Å². The summed E-state index contributed by atoms with van der Waals surface area (Å²) in [7, 11) is 1.50. The van der Waals surface area contributed by atoms with Gasteiger partial charge in [0.2, 0.25) is 11.8 Å². The third-order valence-electron chi connectivity index (χ3n) is 8.84. The van der Waals surface area contributed by atoms with E-state index in [1.54, 1.807) is 18.2 Å². The maximum absolute atomic E-state index is 14.4. The molecule has 11 heteroatoms. The molecule has 0 radical (unpaired) electrons. The van der Waals surface area contributed by atoms with E-state index in [0.29, 0.717) is 11.3 Å². The van der Waals surface area contributed by atoms with E-state index in [9.17, 15) is 23.6 Å².